The molecular weight excluding hydrogens is 340 g/mol. The summed E-state index contributed by atoms with van der Waals surface area (Å²) in [6, 6.07) is 5.77. The van der Waals surface area contributed by atoms with E-state index in [4.69, 9.17) is 0 Å². The molecule has 140 valence electrons. The number of carbonyl (C=O) groups excluding carboxylic acids is 1. The van der Waals surface area contributed by atoms with Gasteiger partial charge in [-0.1, -0.05) is 19.9 Å². The molecule has 2 amide bonds. The zero-order chi connectivity index (χ0) is 18.9. The lowest BCUT2D eigenvalue weighted by Gasteiger charge is -2.18. The lowest BCUT2D eigenvalue weighted by molar-refractivity contribution is 0.248. The number of carbonyl (C=O) groups is 1. The summed E-state index contributed by atoms with van der Waals surface area (Å²) in [5.41, 5.74) is 0.533. The van der Waals surface area contributed by atoms with Crippen molar-refractivity contribution in [3.63, 3.8) is 0 Å². The predicted molar refractivity (Wildman–Crippen MR) is 101 cm³/mol. The first-order chi connectivity index (χ1) is 11.8. The molecule has 0 aromatic heterocycles. The number of rotatable bonds is 10. The van der Waals surface area contributed by atoms with Crippen molar-refractivity contribution in [3.8, 4) is 0 Å². The Morgan fingerprint density at radius 1 is 1.20 bits per heavy atom. The van der Waals surface area contributed by atoms with Crippen LogP contribution in [0.15, 0.2) is 41.8 Å². The van der Waals surface area contributed by atoms with E-state index in [2.05, 4.69) is 36.0 Å². The number of hydrogen-bond donors (Lipinski definition) is 2. The van der Waals surface area contributed by atoms with E-state index in [1.54, 1.807) is 12.1 Å². The summed E-state index contributed by atoms with van der Waals surface area (Å²) in [4.78, 5) is 14.2. The van der Waals surface area contributed by atoms with Gasteiger partial charge in [-0.25, -0.2) is 13.2 Å². The first-order valence-corrected chi connectivity index (χ1v) is 9.73. The van der Waals surface area contributed by atoms with Crippen molar-refractivity contribution in [3.05, 3.63) is 36.9 Å². The van der Waals surface area contributed by atoms with Gasteiger partial charge in [0, 0.05) is 32.4 Å². The minimum Gasteiger partial charge on any atom is -0.337 e. The summed E-state index contributed by atoms with van der Waals surface area (Å²) in [6.07, 6.45) is 1.52. The lowest BCUT2D eigenvalue weighted by Crippen LogP contribution is -2.36. The number of sulfonamides is 1. The highest BCUT2D eigenvalue weighted by Crippen LogP contribution is 2.17. The van der Waals surface area contributed by atoms with E-state index in [9.17, 15) is 13.2 Å². The van der Waals surface area contributed by atoms with E-state index in [1.807, 2.05) is 0 Å². The van der Waals surface area contributed by atoms with Gasteiger partial charge in [0.05, 0.1) is 4.90 Å². The molecule has 0 radical (unpaired) electrons. The fourth-order valence-corrected chi connectivity index (χ4v) is 3.35. The Kier molecular flexibility index (Phi) is 8.60. The molecule has 0 atom stereocenters. The molecule has 0 saturated heterocycles. The third-order valence-corrected chi connectivity index (χ3v) is 5.65. The summed E-state index contributed by atoms with van der Waals surface area (Å²) in [6.45, 7) is 11.1. The molecule has 8 heteroatoms. The van der Waals surface area contributed by atoms with Crippen LogP contribution in [0.2, 0.25) is 0 Å². The number of nitrogens with zero attached hydrogens (tertiary/aromatic N) is 2. The Labute approximate surface area is 150 Å². The Morgan fingerprint density at radius 3 is 2.32 bits per heavy atom. The van der Waals surface area contributed by atoms with Crippen LogP contribution < -0.4 is 10.6 Å². The molecule has 1 aromatic carbocycles. The van der Waals surface area contributed by atoms with Crippen molar-refractivity contribution in [2.75, 3.05) is 45.1 Å². The molecule has 0 aliphatic heterocycles. The van der Waals surface area contributed by atoms with E-state index in [0.717, 1.165) is 19.6 Å². The van der Waals surface area contributed by atoms with E-state index in [0.29, 0.717) is 12.2 Å². The summed E-state index contributed by atoms with van der Waals surface area (Å²) in [5, 5.41) is 5.47. The van der Waals surface area contributed by atoms with E-state index >= 15 is 0 Å². The van der Waals surface area contributed by atoms with Gasteiger partial charge in [-0.3, -0.25) is 0 Å². The number of urea groups is 1. The van der Waals surface area contributed by atoms with Crippen molar-refractivity contribution in [1.82, 2.24) is 14.5 Å². The van der Waals surface area contributed by atoms with Gasteiger partial charge < -0.3 is 15.5 Å². The SMILES string of the molecule is C=CCN(C)S(=O)(=O)c1ccc(NC(=O)NCCN(CC)CC)cc1. The fourth-order valence-electron chi connectivity index (χ4n) is 2.21. The Bertz CT molecular complexity index is 655. The Balaban J connectivity index is 2.59. The standard InChI is InChI=1S/C17H28N4O3S/c1-5-13-20(4)25(23,24)16-10-8-15(9-11-16)19-17(22)18-12-14-21(6-2)7-3/h5,8-11H,1,6-7,12-14H2,2-4H3,(H2,18,19,22). The van der Waals surface area contributed by atoms with Crippen LogP contribution in [0.25, 0.3) is 0 Å². The third kappa shape index (κ3) is 6.49. The van der Waals surface area contributed by atoms with Crippen LogP contribution >= 0.6 is 0 Å². The third-order valence-electron chi connectivity index (χ3n) is 3.81. The van der Waals surface area contributed by atoms with Gasteiger partial charge in [0.1, 0.15) is 0 Å². The largest absolute Gasteiger partial charge is 0.337 e. The number of hydrogen-bond acceptors (Lipinski definition) is 4. The molecule has 0 bridgehead atoms. The summed E-state index contributed by atoms with van der Waals surface area (Å²) < 4.78 is 25.8. The summed E-state index contributed by atoms with van der Waals surface area (Å²) in [7, 11) is -2.06. The number of nitrogens with one attached hydrogen (secondary N) is 2. The zero-order valence-corrected chi connectivity index (χ0v) is 16.0. The minimum atomic E-state index is -3.55. The first-order valence-electron chi connectivity index (χ1n) is 8.29. The number of benzene rings is 1. The van der Waals surface area contributed by atoms with Crippen LogP contribution in [0.3, 0.4) is 0 Å². The first kappa shape index (κ1) is 21.1. The molecule has 1 rings (SSSR count). The molecule has 2 N–H and O–H groups in total. The molecule has 0 unspecified atom stereocenters. The zero-order valence-electron chi connectivity index (χ0n) is 15.2. The second kappa shape index (κ2) is 10.2. The molecule has 1 aromatic rings. The monoisotopic (exact) mass is 368 g/mol. The van der Waals surface area contributed by atoms with Crippen molar-refractivity contribution >= 4 is 21.7 Å². The van der Waals surface area contributed by atoms with Crippen molar-refractivity contribution in [2.24, 2.45) is 0 Å². The van der Waals surface area contributed by atoms with Crippen molar-refractivity contribution in [2.45, 2.75) is 18.7 Å². The van der Waals surface area contributed by atoms with Crippen LogP contribution in [0.4, 0.5) is 10.5 Å². The molecule has 0 spiro atoms. The van der Waals surface area contributed by atoms with E-state index in [-0.39, 0.29) is 17.5 Å². The minimum absolute atomic E-state index is 0.171. The van der Waals surface area contributed by atoms with Gasteiger partial charge in [0.2, 0.25) is 10.0 Å². The molecule has 0 fully saturated rings. The maximum Gasteiger partial charge on any atom is 0.319 e. The highest BCUT2D eigenvalue weighted by molar-refractivity contribution is 7.89. The molecule has 0 aliphatic carbocycles. The van der Waals surface area contributed by atoms with E-state index in [1.165, 1.54) is 29.6 Å². The van der Waals surface area contributed by atoms with Crippen LogP contribution in [-0.4, -0.2) is 63.4 Å². The second-order valence-electron chi connectivity index (χ2n) is 5.51. The van der Waals surface area contributed by atoms with Gasteiger partial charge in [-0.15, -0.1) is 6.58 Å². The van der Waals surface area contributed by atoms with Gasteiger partial charge >= 0.3 is 6.03 Å². The van der Waals surface area contributed by atoms with Gasteiger partial charge in [0.25, 0.3) is 0 Å². The maximum atomic E-state index is 12.3. The average molecular weight is 369 g/mol. The van der Waals surface area contributed by atoms with Crippen molar-refractivity contribution < 1.29 is 13.2 Å². The van der Waals surface area contributed by atoms with Crippen LogP contribution in [0, 0.1) is 0 Å². The molecule has 7 nitrogen and oxygen atoms in total. The molecule has 25 heavy (non-hydrogen) atoms. The topological polar surface area (TPSA) is 81.8 Å². The quantitative estimate of drug-likeness (QED) is 0.619. The van der Waals surface area contributed by atoms with Crippen molar-refractivity contribution in [1.29, 1.82) is 0 Å². The van der Waals surface area contributed by atoms with Crippen LogP contribution in [0.1, 0.15) is 13.8 Å². The van der Waals surface area contributed by atoms with Crippen LogP contribution in [-0.2, 0) is 10.0 Å². The highest BCUT2D eigenvalue weighted by Gasteiger charge is 2.19. The number of anilines is 1. The second-order valence-corrected chi connectivity index (χ2v) is 7.55. The fraction of sp³-hybridized carbons (Fsp3) is 0.471. The summed E-state index contributed by atoms with van der Waals surface area (Å²) >= 11 is 0. The molecule has 0 aliphatic rings. The molecule has 0 heterocycles. The normalized spacial score (nSPS) is 11.6. The van der Waals surface area contributed by atoms with Gasteiger partial charge in [-0.2, -0.15) is 4.31 Å². The Morgan fingerprint density at radius 2 is 1.80 bits per heavy atom. The number of amides is 2. The summed E-state index contributed by atoms with van der Waals surface area (Å²) in [5.74, 6) is 0. The van der Waals surface area contributed by atoms with Gasteiger partial charge in [-0.05, 0) is 37.4 Å². The predicted octanol–water partition coefficient (Wildman–Crippen LogP) is 1.96. The molecule has 0 saturated carbocycles. The smallest absolute Gasteiger partial charge is 0.319 e. The number of likely N-dealkylation sites (N-methyl/N-ethyl adjacent to an activating group) is 2. The highest BCUT2D eigenvalue weighted by atomic mass is 32.2. The Hall–Kier alpha value is -1.90. The van der Waals surface area contributed by atoms with E-state index < -0.39 is 10.0 Å². The van der Waals surface area contributed by atoms with Gasteiger partial charge in [0.15, 0.2) is 0 Å². The average Bonchev–Trinajstić information content (AvgIpc) is 2.59. The molecular formula is C17H28N4O3S. The maximum absolute atomic E-state index is 12.3. The van der Waals surface area contributed by atoms with Crippen LogP contribution in [0.5, 0.6) is 0 Å². The lowest BCUT2D eigenvalue weighted by atomic mass is 10.3.